The van der Waals surface area contributed by atoms with Crippen molar-refractivity contribution in [3.63, 3.8) is 0 Å². The van der Waals surface area contributed by atoms with Gasteiger partial charge in [0.2, 0.25) is 0 Å². The Morgan fingerprint density at radius 2 is 1.88 bits per heavy atom. The number of amides is 1. The van der Waals surface area contributed by atoms with Gasteiger partial charge in [-0.15, -0.1) is 0 Å². The molecule has 0 fully saturated rings. The van der Waals surface area contributed by atoms with E-state index in [0.29, 0.717) is 6.54 Å². The van der Waals surface area contributed by atoms with Crippen molar-refractivity contribution < 1.29 is 9.53 Å². The van der Waals surface area contributed by atoms with Crippen LogP contribution < -0.4 is 15.0 Å². The van der Waals surface area contributed by atoms with Gasteiger partial charge in [0.05, 0.1) is 0 Å². The first-order valence-corrected chi connectivity index (χ1v) is 8.25. The van der Waals surface area contributed by atoms with Gasteiger partial charge in [-0.3, -0.25) is 4.79 Å². The summed E-state index contributed by atoms with van der Waals surface area (Å²) in [5, 5.41) is 2.93. The van der Waals surface area contributed by atoms with Gasteiger partial charge in [0.1, 0.15) is 5.75 Å². The molecule has 2 aromatic carbocycles. The normalized spacial score (nSPS) is 11.7. The van der Waals surface area contributed by atoms with Crippen molar-refractivity contribution in [2.75, 3.05) is 25.0 Å². The quantitative estimate of drug-likeness (QED) is 0.848. The molecule has 128 valence electrons. The second-order valence-corrected chi connectivity index (χ2v) is 6.08. The first-order valence-electron chi connectivity index (χ1n) is 8.25. The summed E-state index contributed by atoms with van der Waals surface area (Å²) in [6.45, 7) is 7.12. The van der Waals surface area contributed by atoms with Crippen LogP contribution >= 0.6 is 0 Å². The molecule has 2 rings (SSSR count). The minimum Gasteiger partial charge on any atom is -0.481 e. The molecule has 0 aliphatic heterocycles. The van der Waals surface area contributed by atoms with Crippen LogP contribution in [-0.2, 0) is 4.79 Å². The average Bonchev–Trinajstić information content (AvgIpc) is 2.57. The number of hydrogen-bond donors (Lipinski definition) is 1. The van der Waals surface area contributed by atoms with Crippen LogP contribution in [0.3, 0.4) is 0 Å². The van der Waals surface area contributed by atoms with Crippen molar-refractivity contribution >= 4 is 11.6 Å². The van der Waals surface area contributed by atoms with E-state index in [4.69, 9.17) is 4.74 Å². The zero-order valence-corrected chi connectivity index (χ0v) is 14.9. The van der Waals surface area contributed by atoms with Crippen LogP contribution in [0.1, 0.15) is 18.1 Å². The Morgan fingerprint density at radius 3 is 2.54 bits per heavy atom. The molecule has 0 spiro atoms. The summed E-state index contributed by atoms with van der Waals surface area (Å²) < 4.78 is 5.78. The fourth-order valence-corrected chi connectivity index (χ4v) is 2.48. The molecule has 1 atom stereocenters. The highest BCUT2D eigenvalue weighted by Crippen LogP contribution is 2.20. The molecular formula is C20H26N2O2. The molecule has 0 saturated carbocycles. The van der Waals surface area contributed by atoms with Gasteiger partial charge >= 0.3 is 0 Å². The second kappa shape index (κ2) is 8.39. The van der Waals surface area contributed by atoms with Gasteiger partial charge in [-0.1, -0.05) is 35.9 Å². The molecule has 1 amide bonds. The molecule has 4 heteroatoms. The highest BCUT2D eigenvalue weighted by Gasteiger charge is 2.15. The Morgan fingerprint density at radius 1 is 1.17 bits per heavy atom. The van der Waals surface area contributed by atoms with Gasteiger partial charge in [-0.05, 0) is 44.5 Å². The highest BCUT2D eigenvalue weighted by molar-refractivity contribution is 5.80. The third-order valence-corrected chi connectivity index (χ3v) is 3.95. The molecule has 0 aromatic heterocycles. The second-order valence-electron chi connectivity index (χ2n) is 6.08. The van der Waals surface area contributed by atoms with Gasteiger partial charge < -0.3 is 15.0 Å². The lowest BCUT2D eigenvalue weighted by molar-refractivity contribution is -0.127. The van der Waals surface area contributed by atoms with Gasteiger partial charge in [-0.25, -0.2) is 0 Å². The number of benzene rings is 2. The lowest BCUT2D eigenvalue weighted by Gasteiger charge is -2.21. The zero-order chi connectivity index (χ0) is 17.5. The van der Waals surface area contributed by atoms with Crippen LogP contribution in [0.4, 0.5) is 5.69 Å². The van der Waals surface area contributed by atoms with E-state index < -0.39 is 6.10 Å². The van der Waals surface area contributed by atoms with E-state index in [9.17, 15) is 4.79 Å². The fourth-order valence-electron chi connectivity index (χ4n) is 2.48. The molecule has 0 aliphatic carbocycles. The van der Waals surface area contributed by atoms with Crippen LogP contribution in [0.2, 0.25) is 0 Å². The van der Waals surface area contributed by atoms with Crippen molar-refractivity contribution in [3.05, 3.63) is 59.7 Å². The Balaban J connectivity index is 1.79. The summed E-state index contributed by atoms with van der Waals surface area (Å²) in [5.41, 5.74) is 3.35. The molecular weight excluding hydrogens is 300 g/mol. The first-order chi connectivity index (χ1) is 11.5. The van der Waals surface area contributed by atoms with Crippen molar-refractivity contribution in [2.45, 2.75) is 26.9 Å². The zero-order valence-electron chi connectivity index (χ0n) is 14.9. The number of ether oxygens (including phenoxy) is 1. The lowest BCUT2D eigenvalue weighted by atomic mass is 10.1. The van der Waals surface area contributed by atoms with Crippen molar-refractivity contribution in [2.24, 2.45) is 0 Å². The third-order valence-electron chi connectivity index (χ3n) is 3.95. The molecule has 0 unspecified atom stereocenters. The Kier molecular flexibility index (Phi) is 6.24. The van der Waals surface area contributed by atoms with Crippen molar-refractivity contribution in [3.8, 4) is 5.75 Å². The number of carbonyl (C=O) groups is 1. The minimum atomic E-state index is -0.520. The molecule has 4 nitrogen and oxygen atoms in total. The maximum absolute atomic E-state index is 12.2. The molecule has 0 heterocycles. The maximum atomic E-state index is 12.2. The molecule has 2 aromatic rings. The first kappa shape index (κ1) is 17.9. The van der Waals surface area contributed by atoms with E-state index >= 15 is 0 Å². The van der Waals surface area contributed by atoms with Crippen LogP contribution in [0, 0.1) is 13.8 Å². The number of para-hydroxylation sites is 1. The van der Waals surface area contributed by atoms with Crippen LogP contribution in [-0.4, -0.2) is 32.1 Å². The molecule has 0 aliphatic rings. The highest BCUT2D eigenvalue weighted by atomic mass is 16.5. The smallest absolute Gasteiger partial charge is 0.260 e. The number of nitrogens with one attached hydrogen (secondary N) is 1. The van der Waals surface area contributed by atoms with Crippen molar-refractivity contribution in [1.29, 1.82) is 0 Å². The molecule has 24 heavy (non-hydrogen) atoms. The minimum absolute atomic E-state index is 0.101. The molecule has 0 bridgehead atoms. The SMILES string of the molecule is Cc1ccc(O[C@@H](C)C(=O)NCCN(C)c2ccccc2)c(C)c1. The number of hydrogen-bond acceptors (Lipinski definition) is 3. The van der Waals surface area contributed by atoms with E-state index in [1.807, 2.05) is 63.4 Å². The fraction of sp³-hybridized carbons (Fsp3) is 0.350. The van der Waals surface area contributed by atoms with Gasteiger partial charge in [0.15, 0.2) is 6.10 Å². The number of aryl methyl sites for hydroxylation is 2. The van der Waals surface area contributed by atoms with E-state index in [1.165, 1.54) is 5.56 Å². The summed E-state index contributed by atoms with van der Waals surface area (Å²) >= 11 is 0. The summed E-state index contributed by atoms with van der Waals surface area (Å²) in [7, 11) is 2.01. The van der Waals surface area contributed by atoms with Gasteiger partial charge in [0.25, 0.3) is 5.91 Å². The van der Waals surface area contributed by atoms with E-state index in [2.05, 4.69) is 16.3 Å². The van der Waals surface area contributed by atoms with E-state index in [0.717, 1.165) is 23.5 Å². The third kappa shape index (κ3) is 5.01. The molecule has 0 radical (unpaired) electrons. The Bertz CT molecular complexity index is 671. The Hall–Kier alpha value is -2.49. The van der Waals surface area contributed by atoms with Crippen molar-refractivity contribution in [1.82, 2.24) is 5.32 Å². The van der Waals surface area contributed by atoms with Crippen LogP contribution in [0.5, 0.6) is 5.75 Å². The summed E-state index contributed by atoms with van der Waals surface area (Å²) in [6, 6.07) is 16.1. The number of likely N-dealkylation sites (N-methyl/N-ethyl adjacent to an activating group) is 1. The number of anilines is 1. The Labute approximate surface area is 144 Å². The maximum Gasteiger partial charge on any atom is 0.260 e. The average molecular weight is 326 g/mol. The van der Waals surface area contributed by atoms with Gasteiger partial charge in [0, 0.05) is 25.8 Å². The van der Waals surface area contributed by atoms with Crippen LogP contribution in [0.15, 0.2) is 48.5 Å². The molecule has 1 N–H and O–H groups in total. The van der Waals surface area contributed by atoms with E-state index in [1.54, 1.807) is 6.92 Å². The number of rotatable bonds is 7. The predicted octanol–water partition coefficient (Wildman–Crippen LogP) is 3.32. The summed E-state index contributed by atoms with van der Waals surface area (Å²) in [5.74, 6) is 0.654. The van der Waals surface area contributed by atoms with E-state index in [-0.39, 0.29) is 5.91 Å². The lowest BCUT2D eigenvalue weighted by Crippen LogP contribution is -2.40. The standard InChI is InChI=1S/C20H26N2O2/c1-15-10-11-19(16(2)14-15)24-17(3)20(23)21-12-13-22(4)18-8-6-5-7-9-18/h5-11,14,17H,12-13H2,1-4H3,(H,21,23)/t17-/m0/s1. The predicted molar refractivity (Wildman–Crippen MR) is 98.7 cm³/mol. The summed E-state index contributed by atoms with van der Waals surface area (Å²) in [4.78, 5) is 14.3. The van der Waals surface area contributed by atoms with Gasteiger partial charge in [-0.2, -0.15) is 0 Å². The molecule has 0 saturated heterocycles. The topological polar surface area (TPSA) is 41.6 Å². The summed E-state index contributed by atoms with van der Waals surface area (Å²) in [6.07, 6.45) is -0.520. The number of carbonyl (C=O) groups excluding carboxylic acids is 1. The largest absolute Gasteiger partial charge is 0.481 e. The van der Waals surface area contributed by atoms with Crippen LogP contribution in [0.25, 0.3) is 0 Å². The number of nitrogens with zero attached hydrogens (tertiary/aromatic N) is 1. The monoisotopic (exact) mass is 326 g/mol.